The second-order valence-corrected chi connectivity index (χ2v) is 3.58. The summed E-state index contributed by atoms with van der Waals surface area (Å²) in [5.74, 6) is 0.549. The molecule has 0 unspecified atom stereocenters. The van der Waals surface area contributed by atoms with Crippen LogP contribution in [0, 0.1) is 0 Å². The van der Waals surface area contributed by atoms with Crippen LogP contribution in [0.3, 0.4) is 0 Å². The van der Waals surface area contributed by atoms with Gasteiger partial charge < -0.3 is 16.0 Å². The molecule has 0 aromatic carbocycles. The van der Waals surface area contributed by atoms with Gasteiger partial charge in [0, 0.05) is 13.6 Å². The fraction of sp³-hybridized carbons (Fsp3) is 0.444. The Labute approximate surface area is 98.8 Å². The molecule has 0 radical (unpaired) electrons. The first-order chi connectivity index (χ1) is 7.56. The van der Waals surface area contributed by atoms with Crippen LogP contribution >= 0.6 is 11.6 Å². The molecule has 0 atom stereocenters. The van der Waals surface area contributed by atoms with Gasteiger partial charge in [-0.25, -0.2) is 9.97 Å². The summed E-state index contributed by atoms with van der Waals surface area (Å²) in [6.45, 7) is 2.61. The third-order valence-corrected chi connectivity index (χ3v) is 2.28. The van der Waals surface area contributed by atoms with Crippen LogP contribution in [0.15, 0.2) is 6.33 Å². The van der Waals surface area contributed by atoms with Crippen molar-refractivity contribution in [2.75, 3.05) is 30.8 Å². The van der Waals surface area contributed by atoms with Crippen molar-refractivity contribution in [3.05, 3.63) is 11.3 Å². The topological polar surface area (TPSA) is 84.1 Å². The predicted molar refractivity (Wildman–Crippen MR) is 63.4 cm³/mol. The maximum Gasteiger partial charge on any atom is 0.239 e. The van der Waals surface area contributed by atoms with Crippen LogP contribution in [0.25, 0.3) is 0 Å². The van der Waals surface area contributed by atoms with Crippen molar-refractivity contribution in [3.63, 3.8) is 0 Å². The Morgan fingerprint density at radius 2 is 2.31 bits per heavy atom. The zero-order chi connectivity index (χ0) is 12.1. The summed E-state index contributed by atoms with van der Waals surface area (Å²) in [6.07, 6.45) is 1.31. The number of hydrogen-bond acceptors (Lipinski definition) is 5. The van der Waals surface area contributed by atoms with Crippen LogP contribution in [0.2, 0.25) is 5.02 Å². The predicted octanol–water partition coefficient (Wildman–Crippen LogP) is 0.285. The molecule has 3 N–H and O–H groups in total. The number of nitrogen functional groups attached to an aromatic ring is 1. The normalized spacial score (nSPS) is 9.94. The molecule has 1 amide bonds. The molecular formula is C9H14ClN5O. The highest BCUT2D eigenvalue weighted by Gasteiger charge is 2.13. The summed E-state index contributed by atoms with van der Waals surface area (Å²) in [4.78, 5) is 20.7. The fourth-order valence-electron chi connectivity index (χ4n) is 1.18. The van der Waals surface area contributed by atoms with Crippen molar-refractivity contribution in [2.45, 2.75) is 6.92 Å². The second-order valence-electron chi connectivity index (χ2n) is 3.21. The number of carbonyl (C=O) groups is 1. The summed E-state index contributed by atoms with van der Waals surface area (Å²) < 4.78 is 0. The van der Waals surface area contributed by atoms with Gasteiger partial charge in [-0.1, -0.05) is 11.6 Å². The van der Waals surface area contributed by atoms with Gasteiger partial charge in [0.25, 0.3) is 0 Å². The van der Waals surface area contributed by atoms with E-state index in [2.05, 4.69) is 15.3 Å². The molecule has 1 aromatic rings. The molecule has 1 heterocycles. The maximum absolute atomic E-state index is 11.4. The Morgan fingerprint density at radius 1 is 1.62 bits per heavy atom. The lowest BCUT2D eigenvalue weighted by atomic mass is 10.4. The third-order valence-electron chi connectivity index (χ3n) is 1.91. The zero-order valence-electron chi connectivity index (χ0n) is 9.20. The van der Waals surface area contributed by atoms with Gasteiger partial charge >= 0.3 is 0 Å². The van der Waals surface area contributed by atoms with Gasteiger partial charge in [-0.05, 0) is 6.92 Å². The van der Waals surface area contributed by atoms with E-state index < -0.39 is 0 Å². The molecule has 0 aliphatic heterocycles. The van der Waals surface area contributed by atoms with Crippen LogP contribution in [0.1, 0.15) is 6.92 Å². The molecule has 0 aliphatic carbocycles. The highest BCUT2D eigenvalue weighted by Crippen LogP contribution is 2.25. The van der Waals surface area contributed by atoms with Crippen LogP contribution in [-0.4, -0.2) is 36.0 Å². The molecule has 0 saturated carbocycles. The monoisotopic (exact) mass is 243 g/mol. The van der Waals surface area contributed by atoms with Gasteiger partial charge in [0.15, 0.2) is 5.82 Å². The average Bonchev–Trinajstić information content (AvgIpc) is 2.22. The number of anilines is 2. The van der Waals surface area contributed by atoms with Crippen LogP contribution < -0.4 is 16.0 Å². The van der Waals surface area contributed by atoms with Crippen molar-refractivity contribution >= 4 is 29.1 Å². The largest absolute Gasteiger partial charge is 0.382 e. The Morgan fingerprint density at radius 3 is 2.94 bits per heavy atom. The number of nitrogens with zero attached hydrogens (tertiary/aromatic N) is 3. The van der Waals surface area contributed by atoms with Gasteiger partial charge in [-0.15, -0.1) is 0 Å². The van der Waals surface area contributed by atoms with E-state index in [1.165, 1.54) is 6.33 Å². The molecule has 0 saturated heterocycles. The Hall–Kier alpha value is -1.56. The number of rotatable bonds is 4. The molecule has 16 heavy (non-hydrogen) atoms. The number of nitrogens with two attached hydrogens (primary N) is 1. The van der Waals surface area contributed by atoms with E-state index in [1.807, 2.05) is 6.92 Å². The van der Waals surface area contributed by atoms with Crippen molar-refractivity contribution in [1.82, 2.24) is 15.3 Å². The van der Waals surface area contributed by atoms with Crippen LogP contribution in [0.5, 0.6) is 0 Å². The van der Waals surface area contributed by atoms with Crippen LogP contribution in [0.4, 0.5) is 11.6 Å². The molecule has 0 bridgehead atoms. The van der Waals surface area contributed by atoms with Crippen LogP contribution in [-0.2, 0) is 4.79 Å². The summed E-state index contributed by atoms with van der Waals surface area (Å²) in [5.41, 5.74) is 5.54. The number of hydrogen-bond donors (Lipinski definition) is 2. The van der Waals surface area contributed by atoms with Crippen molar-refractivity contribution in [3.8, 4) is 0 Å². The van der Waals surface area contributed by atoms with E-state index in [-0.39, 0.29) is 23.3 Å². The maximum atomic E-state index is 11.4. The quantitative estimate of drug-likeness (QED) is 0.794. The Balaban J connectivity index is 2.76. The summed E-state index contributed by atoms with van der Waals surface area (Å²) in [7, 11) is 1.71. The summed E-state index contributed by atoms with van der Waals surface area (Å²) in [5, 5.41) is 2.94. The average molecular weight is 244 g/mol. The molecule has 0 spiro atoms. The highest BCUT2D eigenvalue weighted by atomic mass is 35.5. The first-order valence-electron chi connectivity index (χ1n) is 4.80. The first-order valence-corrected chi connectivity index (χ1v) is 5.17. The summed E-state index contributed by atoms with van der Waals surface area (Å²) >= 11 is 5.93. The lowest BCUT2D eigenvalue weighted by Gasteiger charge is -2.18. The minimum absolute atomic E-state index is 0.0988. The number of likely N-dealkylation sites (N-methyl/N-ethyl adjacent to an activating group) is 2. The minimum Gasteiger partial charge on any atom is -0.382 e. The zero-order valence-corrected chi connectivity index (χ0v) is 9.95. The van der Waals surface area contributed by atoms with E-state index in [0.717, 1.165) is 0 Å². The molecule has 7 heteroatoms. The van der Waals surface area contributed by atoms with Crippen molar-refractivity contribution < 1.29 is 4.79 Å². The SMILES string of the molecule is CCNC(=O)CN(C)c1ncnc(N)c1Cl. The second kappa shape index (κ2) is 5.50. The molecule has 1 rings (SSSR count). The van der Waals surface area contributed by atoms with E-state index in [1.54, 1.807) is 11.9 Å². The number of carbonyl (C=O) groups excluding carboxylic acids is 1. The molecule has 1 aromatic heterocycles. The van der Waals surface area contributed by atoms with Gasteiger partial charge in [0.2, 0.25) is 5.91 Å². The number of nitrogens with one attached hydrogen (secondary N) is 1. The molecule has 88 valence electrons. The smallest absolute Gasteiger partial charge is 0.239 e. The molecular weight excluding hydrogens is 230 g/mol. The van der Waals surface area contributed by atoms with Crippen molar-refractivity contribution in [1.29, 1.82) is 0 Å². The van der Waals surface area contributed by atoms with E-state index in [9.17, 15) is 4.79 Å². The Bertz CT molecular complexity index is 384. The lowest BCUT2D eigenvalue weighted by molar-refractivity contribution is -0.119. The standard InChI is InChI=1S/C9H14ClN5O/c1-3-12-6(16)4-15(2)9-7(10)8(11)13-5-14-9/h5H,3-4H2,1-2H3,(H,12,16)(H2,11,13,14). The minimum atomic E-state index is -0.0988. The number of halogens is 1. The first kappa shape index (κ1) is 12.5. The third kappa shape index (κ3) is 2.96. The van der Waals surface area contributed by atoms with Gasteiger partial charge in [-0.3, -0.25) is 4.79 Å². The molecule has 6 nitrogen and oxygen atoms in total. The van der Waals surface area contributed by atoms with Crippen molar-refractivity contribution in [2.24, 2.45) is 0 Å². The van der Waals surface area contributed by atoms with E-state index in [4.69, 9.17) is 17.3 Å². The molecule has 0 fully saturated rings. The fourth-order valence-corrected chi connectivity index (χ4v) is 1.43. The van der Waals surface area contributed by atoms with Gasteiger partial charge in [-0.2, -0.15) is 0 Å². The van der Waals surface area contributed by atoms with E-state index >= 15 is 0 Å². The van der Waals surface area contributed by atoms with Gasteiger partial charge in [0.1, 0.15) is 17.2 Å². The Kier molecular flexibility index (Phi) is 4.30. The van der Waals surface area contributed by atoms with E-state index in [0.29, 0.717) is 12.4 Å². The lowest BCUT2D eigenvalue weighted by Crippen LogP contribution is -2.35. The highest BCUT2D eigenvalue weighted by molar-refractivity contribution is 6.35. The number of aromatic nitrogens is 2. The summed E-state index contributed by atoms with van der Waals surface area (Å²) in [6, 6.07) is 0. The number of amides is 1. The molecule has 0 aliphatic rings. The van der Waals surface area contributed by atoms with Gasteiger partial charge in [0.05, 0.1) is 6.54 Å².